The van der Waals surface area contributed by atoms with Gasteiger partial charge in [0.1, 0.15) is 0 Å². The first-order valence-electron chi connectivity index (χ1n) is 8.57. The summed E-state index contributed by atoms with van der Waals surface area (Å²) in [6, 6.07) is 11.6. The minimum atomic E-state index is 0.244. The third-order valence-corrected chi connectivity index (χ3v) is 5.54. The minimum Gasteiger partial charge on any atom is -0.381 e. The van der Waals surface area contributed by atoms with Gasteiger partial charge in [0.05, 0.1) is 0 Å². The number of ether oxygens (including phenoxy) is 1. The summed E-state index contributed by atoms with van der Waals surface area (Å²) in [5.74, 6) is 0.803. The summed E-state index contributed by atoms with van der Waals surface area (Å²) in [5.41, 5.74) is 1.73. The van der Waals surface area contributed by atoms with Crippen LogP contribution in [-0.2, 0) is 10.2 Å². The maximum absolute atomic E-state index is 5.52. The Morgan fingerprint density at radius 3 is 2.29 bits per heavy atom. The van der Waals surface area contributed by atoms with Crippen molar-refractivity contribution in [3.8, 4) is 0 Å². The van der Waals surface area contributed by atoms with Gasteiger partial charge in [0.2, 0.25) is 0 Å². The van der Waals surface area contributed by atoms with Gasteiger partial charge in [0.15, 0.2) is 0 Å². The zero-order valence-electron chi connectivity index (χ0n) is 13.9. The Hall–Kier alpha value is -0.860. The molecule has 0 amide bonds. The van der Waals surface area contributed by atoms with Crippen LogP contribution in [0.5, 0.6) is 0 Å². The average Bonchev–Trinajstić information content (AvgIpc) is 2.57. The summed E-state index contributed by atoms with van der Waals surface area (Å²) in [6.45, 7) is 6.56. The normalized spacial score (nSPS) is 18.6. The molecular weight excluding hydrogens is 258 g/mol. The Bertz CT molecular complexity index is 393. The van der Waals surface area contributed by atoms with Gasteiger partial charge in [-0.3, -0.25) is 0 Å². The summed E-state index contributed by atoms with van der Waals surface area (Å²) in [6.07, 6.45) is 6.06. The van der Waals surface area contributed by atoms with Crippen LogP contribution in [0.4, 0.5) is 0 Å². The summed E-state index contributed by atoms with van der Waals surface area (Å²) >= 11 is 0. The fourth-order valence-corrected chi connectivity index (χ4v) is 4.06. The van der Waals surface area contributed by atoms with Crippen molar-refractivity contribution in [1.82, 2.24) is 5.32 Å². The molecule has 1 N–H and O–H groups in total. The maximum Gasteiger partial charge on any atom is 0.0468 e. The molecule has 1 fully saturated rings. The first kappa shape index (κ1) is 16.5. The number of nitrogens with one attached hydrogen (secondary N) is 1. The molecule has 118 valence electrons. The highest BCUT2D eigenvalue weighted by Crippen LogP contribution is 2.38. The van der Waals surface area contributed by atoms with E-state index in [2.05, 4.69) is 56.5 Å². The lowest BCUT2D eigenvalue weighted by Crippen LogP contribution is -2.48. The van der Waals surface area contributed by atoms with Crippen LogP contribution < -0.4 is 5.32 Å². The van der Waals surface area contributed by atoms with Gasteiger partial charge in [-0.2, -0.15) is 0 Å². The van der Waals surface area contributed by atoms with Gasteiger partial charge >= 0.3 is 0 Å². The lowest BCUT2D eigenvalue weighted by molar-refractivity contribution is 0.0560. The summed E-state index contributed by atoms with van der Waals surface area (Å²) in [7, 11) is 2.13. The van der Waals surface area contributed by atoms with Crippen molar-refractivity contribution in [1.29, 1.82) is 0 Å². The maximum atomic E-state index is 5.52. The van der Waals surface area contributed by atoms with Crippen molar-refractivity contribution >= 4 is 0 Å². The van der Waals surface area contributed by atoms with Gasteiger partial charge in [-0.15, -0.1) is 0 Å². The molecule has 0 bridgehead atoms. The fraction of sp³-hybridized carbons (Fsp3) is 0.684. The van der Waals surface area contributed by atoms with E-state index in [0.717, 1.165) is 19.1 Å². The topological polar surface area (TPSA) is 21.3 Å². The van der Waals surface area contributed by atoms with Crippen molar-refractivity contribution in [2.24, 2.45) is 5.92 Å². The SMILES string of the molecule is CCC(CC)(c1ccccc1)C(CC1CCOCC1)NC. The quantitative estimate of drug-likeness (QED) is 0.814. The molecule has 1 aliphatic rings. The number of hydrogen-bond acceptors (Lipinski definition) is 2. The molecule has 1 atom stereocenters. The van der Waals surface area contributed by atoms with E-state index in [4.69, 9.17) is 4.74 Å². The molecule has 1 unspecified atom stereocenters. The fourth-order valence-electron chi connectivity index (χ4n) is 4.06. The number of benzene rings is 1. The van der Waals surface area contributed by atoms with Gasteiger partial charge < -0.3 is 10.1 Å². The highest BCUT2D eigenvalue weighted by atomic mass is 16.5. The Morgan fingerprint density at radius 1 is 1.14 bits per heavy atom. The first-order chi connectivity index (χ1) is 10.3. The molecule has 1 heterocycles. The molecule has 0 aromatic heterocycles. The molecule has 0 spiro atoms. The third-order valence-electron chi connectivity index (χ3n) is 5.54. The van der Waals surface area contributed by atoms with E-state index in [-0.39, 0.29) is 5.41 Å². The Kier molecular flexibility index (Phi) is 6.25. The van der Waals surface area contributed by atoms with Crippen molar-refractivity contribution in [3.05, 3.63) is 35.9 Å². The molecule has 2 rings (SSSR count). The lowest BCUT2D eigenvalue weighted by atomic mass is 9.67. The van der Waals surface area contributed by atoms with Crippen LogP contribution >= 0.6 is 0 Å². The summed E-state index contributed by atoms with van der Waals surface area (Å²) in [5, 5.41) is 3.65. The van der Waals surface area contributed by atoms with E-state index in [9.17, 15) is 0 Å². The highest BCUT2D eigenvalue weighted by Gasteiger charge is 2.37. The Morgan fingerprint density at radius 2 is 1.76 bits per heavy atom. The molecule has 0 radical (unpaired) electrons. The van der Waals surface area contributed by atoms with E-state index in [1.807, 2.05) is 0 Å². The van der Waals surface area contributed by atoms with Gasteiger partial charge in [-0.1, -0.05) is 44.2 Å². The molecule has 1 saturated heterocycles. The Labute approximate surface area is 130 Å². The summed E-state index contributed by atoms with van der Waals surface area (Å²) in [4.78, 5) is 0. The minimum absolute atomic E-state index is 0.244. The van der Waals surface area contributed by atoms with Crippen LogP contribution in [0.25, 0.3) is 0 Å². The monoisotopic (exact) mass is 289 g/mol. The van der Waals surface area contributed by atoms with Crippen LogP contribution in [0.1, 0.15) is 51.5 Å². The van der Waals surface area contributed by atoms with Crippen molar-refractivity contribution < 1.29 is 4.74 Å². The number of rotatable bonds is 7. The van der Waals surface area contributed by atoms with E-state index in [0.29, 0.717) is 6.04 Å². The van der Waals surface area contributed by atoms with E-state index < -0.39 is 0 Å². The van der Waals surface area contributed by atoms with Crippen LogP contribution in [0.3, 0.4) is 0 Å². The van der Waals surface area contributed by atoms with Gasteiger partial charge in [0, 0.05) is 24.7 Å². The second-order valence-electron chi connectivity index (χ2n) is 6.36. The molecule has 21 heavy (non-hydrogen) atoms. The molecule has 1 aromatic carbocycles. The van der Waals surface area contributed by atoms with Crippen LogP contribution in [0.2, 0.25) is 0 Å². The van der Waals surface area contributed by atoms with Crippen LogP contribution in [0.15, 0.2) is 30.3 Å². The van der Waals surface area contributed by atoms with Crippen molar-refractivity contribution in [2.45, 2.75) is 57.4 Å². The smallest absolute Gasteiger partial charge is 0.0468 e. The van der Waals surface area contributed by atoms with E-state index in [1.165, 1.54) is 37.7 Å². The third kappa shape index (κ3) is 3.67. The number of likely N-dealkylation sites (N-methyl/N-ethyl adjacent to an activating group) is 1. The first-order valence-corrected chi connectivity index (χ1v) is 8.57. The molecule has 2 heteroatoms. The van der Waals surface area contributed by atoms with Crippen molar-refractivity contribution in [3.63, 3.8) is 0 Å². The number of hydrogen-bond donors (Lipinski definition) is 1. The second kappa shape index (κ2) is 7.95. The Balaban J connectivity index is 2.21. The molecule has 1 aromatic rings. The molecule has 0 saturated carbocycles. The lowest BCUT2D eigenvalue weighted by Gasteiger charge is -2.42. The average molecular weight is 289 g/mol. The zero-order chi connectivity index (χ0) is 15.1. The van der Waals surface area contributed by atoms with Gasteiger partial charge in [-0.05, 0) is 50.6 Å². The van der Waals surface area contributed by atoms with E-state index in [1.54, 1.807) is 0 Å². The molecule has 2 nitrogen and oxygen atoms in total. The van der Waals surface area contributed by atoms with E-state index >= 15 is 0 Å². The molecular formula is C19H31NO. The van der Waals surface area contributed by atoms with Gasteiger partial charge in [0.25, 0.3) is 0 Å². The van der Waals surface area contributed by atoms with Gasteiger partial charge in [-0.25, -0.2) is 0 Å². The second-order valence-corrected chi connectivity index (χ2v) is 6.36. The standard InChI is InChI=1S/C19H31NO/c1-4-19(5-2,17-9-7-6-8-10-17)18(20-3)15-16-11-13-21-14-12-16/h6-10,16,18,20H,4-5,11-15H2,1-3H3. The zero-order valence-corrected chi connectivity index (χ0v) is 13.9. The summed E-state index contributed by atoms with van der Waals surface area (Å²) < 4.78 is 5.52. The molecule has 0 aliphatic carbocycles. The van der Waals surface area contributed by atoms with Crippen molar-refractivity contribution in [2.75, 3.05) is 20.3 Å². The predicted molar refractivity (Wildman–Crippen MR) is 89.7 cm³/mol. The molecule has 1 aliphatic heterocycles. The highest BCUT2D eigenvalue weighted by molar-refractivity contribution is 5.27. The largest absolute Gasteiger partial charge is 0.381 e. The predicted octanol–water partition coefficient (Wildman–Crippen LogP) is 4.15. The van der Waals surface area contributed by atoms with Crippen LogP contribution in [-0.4, -0.2) is 26.3 Å². The van der Waals surface area contributed by atoms with Crippen LogP contribution in [0, 0.1) is 5.92 Å².